The molecule has 0 saturated heterocycles. The van der Waals surface area contributed by atoms with Gasteiger partial charge in [-0.3, -0.25) is 0 Å². The van der Waals surface area contributed by atoms with Gasteiger partial charge in [0.25, 0.3) is 0 Å². The van der Waals surface area contributed by atoms with E-state index >= 15 is 0 Å². The summed E-state index contributed by atoms with van der Waals surface area (Å²) in [5, 5.41) is 1.31. The summed E-state index contributed by atoms with van der Waals surface area (Å²) in [5.41, 5.74) is 2.49. The highest BCUT2D eigenvalue weighted by molar-refractivity contribution is 9.10. The molecule has 0 bridgehead atoms. The Balaban J connectivity index is 2.24. The fourth-order valence-electron chi connectivity index (χ4n) is 2.41. The van der Waals surface area contributed by atoms with E-state index in [1.807, 2.05) is 6.07 Å². The van der Waals surface area contributed by atoms with E-state index in [2.05, 4.69) is 28.1 Å². The smallest absolute Gasteiger partial charge is 0.134 e. The first-order chi connectivity index (χ1) is 7.34. The second-order valence-electron chi connectivity index (χ2n) is 4.20. The number of hydrogen-bond donors (Lipinski definition) is 0. The molecule has 3 rings (SSSR count). The van der Waals surface area contributed by atoms with E-state index in [9.17, 15) is 0 Å². The third kappa shape index (κ3) is 1.61. The van der Waals surface area contributed by atoms with E-state index in [0.29, 0.717) is 0 Å². The van der Waals surface area contributed by atoms with Crippen molar-refractivity contribution in [1.29, 1.82) is 0 Å². The fourth-order valence-corrected chi connectivity index (χ4v) is 2.77. The number of hydrogen-bond acceptors (Lipinski definition) is 1. The summed E-state index contributed by atoms with van der Waals surface area (Å²) in [7, 11) is 0. The minimum absolute atomic E-state index is 1.05. The van der Waals surface area contributed by atoms with E-state index in [-0.39, 0.29) is 0 Å². The van der Waals surface area contributed by atoms with Gasteiger partial charge in [0.1, 0.15) is 11.3 Å². The molecule has 1 aromatic carbocycles. The van der Waals surface area contributed by atoms with E-state index in [1.54, 1.807) is 0 Å². The summed E-state index contributed by atoms with van der Waals surface area (Å²) in [5.74, 6) is 1.22. The first-order valence-electron chi connectivity index (χ1n) is 5.54. The lowest BCUT2D eigenvalue weighted by Crippen LogP contribution is -1.84. The molecule has 2 aromatic rings. The van der Waals surface area contributed by atoms with Crippen LogP contribution < -0.4 is 0 Å². The Bertz CT molecular complexity index is 498. The zero-order valence-corrected chi connectivity index (χ0v) is 10.1. The van der Waals surface area contributed by atoms with Crippen molar-refractivity contribution in [3.63, 3.8) is 0 Å². The molecule has 0 N–H and O–H groups in total. The van der Waals surface area contributed by atoms with Crippen molar-refractivity contribution in [3.05, 3.63) is 34.0 Å². The molecule has 1 heterocycles. The Morgan fingerprint density at radius 3 is 2.87 bits per heavy atom. The molecule has 0 aliphatic heterocycles. The Labute approximate surface area is 97.6 Å². The summed E-state index contributed by atoms with van der Waals surface area (Å²) >= 11 is 3.52. The van der Waals surface area contributed by atoms with Gasteiger partial charge < -0.3 is 4.42 Å². The molecule has 0 atom stereocenters. The van der Waals surface area contributed by atoms with Gasteiger partial charge in [-0.05, 0) is 37.5 Å². The van der Waals surface area contributed by atoms with Crippen molar-refractivity contribution < 1.29 is 4.42 Å². The van der Waals surface area contributed by atoms with Crippen molar-refractivity contribution in [2.75, 3.05) is 0 Å². The number of fused-ring (bicyclic) bond motifs is 3. The van der Waals surface area contributed by atoms with Crippen molar-refractivity contribution in [2.45, 2.75) is 32.1 Å². The van der Waals surface area contributed by atoms with Gasteiger partial charge in [0.15, 0.2) is 0 Å². The molecule has 0 amide bonds. The molecule has 2 heteroatoms. The van der Waals surface area contributed by atoms with Crippen LogP contribution in [0, 0.1) is 0 Å². The lowest BCUT2D eigenvalue weighted by molar-refractivity contribution is 0.538. The van der Waals surface area contributed by atoms with Crippen molar-refractivity contribution in [1.82, 2.24) is 0 Å². The number of halogens is 1. The van der Waals surface area contributed by atoms with Crippen molar-refractivity contribution >= 4 is 26.9 Å². The lowest BCUT2D eigenvalue weighted by atomic mass is 10.1. The molecule has 1 aromatic heterocycles. The maximum Gasteiger partial charge on any atom is 0.134 e. The normalized spacial score (nSPS) is 16.3. The Morgan fingerprint density at radius 2 is 1.93 bits per heavy atom. The molecular formula is C13H13BrO. The molecule has 0 fully saturated rings. The summed E-state index contributed by atoms with van der Waals surface area (Å²) in [6.45, 7) is 0. The molecule has 0 radical (unpaired) electrons. The van der Waals surface area contributed by atoms with Gasteiger partial charge in [0.05, 0.1) is 0 Å². The summed E-state index contributed by atoms with van der Waals surface area (Å²) < 4.78 is 7.05. The number of rotatable bonds is 0. The van der Waals surface area contributed by atoms with Gasteiger partial charge in [-0.2, -0.15) is 0 Å². The van der Waals surface area contributed by atoms with Crippen LogP contribution in [-0.2, 0) is 12.8 Å². The summed E-state index contributed by atoms with van der Waals surface area (Å²) in [6.07, 6.45) is 6.20. The highest BCUT2D eigenvalue weighted by Crippen LogP contribution is 2.32. The first-order valence-corrected chi connectivity index (χ1v) is 6.34. The maximum absolute atomic E-state index is 5.90. The van der Waals surface area contributed by atoms with E-state index in [0.717, 1.165) is 16.5 Å². The second kappa shape index (κ2) is 3.67. The van der Waals surface area contributed by atoms with Gasteiger partial charge in [0, 0.05) is 21.8 Å². The minimum Gasteiger partial charge on any atom is -0.461 e. The maximum atomic E-state index is 5.90. The molecule has 0 unspecified atom stereocenters. The van der Waals surface area contributed by atoms with Crippen LogP contribution in [0.1, 0.15) is 30.6 Å². The third-order valence-corrected chi connectivity index (χ3v) is 3.66. The van der Waals surface area contributed by atoms with Gasteiger partial charge in [-0.15, -0.1) is 0 Å². The van der Waals surface area contributed by atoms with Crippen LogP contribution in [0.4, 0.5) is 0 Å². The average molecular weight is 265 g/mol. The standard InChI is InChI=1S/C13H13BrO/c14-9-6-7-13-11(8-9)10-4-2-1-3-5-12(10)15-13/h6-8H,1-5H2. The third-order valence-electron chi connectivity index (χ3n) is 3.17. The Morgan fingerprint density at radius 1 is 1.07 bits per heavy atom. The first kappa shape index (κ1) is 9.46. The Kier molecular flexibility index (Phi) is 2.32. The molecule has 78 valence electrons. The largest absolute Gasteiger partial charge is 0.461 e. The van der Waals surface area contributed by atoms with Crippen LogP contribution in [0.5, 0.6) is 0 Å². The monoisotopic (exact) mass is 264 g/mol. The highest BCUT2D eigenvalue weighted by Gasteiger charge is 2.16. The predicted octanol–water partition coefficient (Wildman–Crippen LogP) is 4.46. The second-order valence-corrected chi connectivity index (χ2v) is 5.12. The van der Waals surface area contributed by atoms with Crippen molar-refractivity contribution in [2.24, 2.45) is 0 Å². The zero-order valence-electron chi connectivity index (χ0n) is 8.55. The molecule has 15 heavy (non-hydrogen) atoms. The van der Waals surface area contributed by atoms with E-state index in [4.69, 9.17) is 4.42 Å². The lowest BCUT2D eigenvalue weighted by Gasteiger charge is -1.96. The molecule has 0 saturated carbocycles. The molecule has 1 aliphatic carbocycles. The molecule has 0 spiro atoms. The SMILES string of the molecule is Brc1ccc2oc3c(c2c1)CCCCC3. The van der Waals surface area contributed by atoms with Crippen LogP contribution in [0.2, 0.25) is 0 Å². The van der Waals surface area contributed by atoms with Crippen LogP contribution >= 0.6 is 15.9 Å². The molecule has 1 aliphatic rings. The minimum atomic E-state index is 1.05. The van der Waals surface area contributed by atoms with Gasteiger partial charge in [0.2, 0.25) is 0 Å². The summed E-state index contributed by atoms with van der Waals surface area (Å²) in [4.78, 5) is 0. The highest BCUT2D eigenvalue weighted by atomic mass is 79.9. The van der Waals surface area contributed by atoms with E-state index in [1.165, 1.54) is 42.4 Å². The zero-order chi connectivity index (χ0) is 10.3. The van der Waals surface area contributed by atoms with Crippen LogP contribution in [0.25, 0.3) is 11.0 Å². The van der Waals surface area contributed by atoms with Crippen LogP contribution in [0.3, 0.4) is 0 Å². The van der Waals surface area contributed by atoms with E-state index < -0.39 is 0 Å². The van der Waals surface area contributed by atoms with Crippen LogP contribution in [0.15, 0.2) is 27.1 Å². The number of aryl methyl sites for hydroxylation is 2. The average Bonchev–Trinajstić information content (AvgIpc) is 2.44. The molecular weight excluding hydrogens is 252 g/mol. The quantitative estimate of drug-likeness (QED) is 0.641. The fraction of sp³-hybridized carbons (Fsp3) is 0.385. The number of furan rings is 1. The molecule has 1 nitrogen and oxygen atoms in total. The van der Waals surface area contributed by atoms with Gasteiger partial charge in [-0.1, -0.05) is 22.4 Å². The van der Waals surface area contributed by atoms with Crippen LogP contribution in [-0.4, -0.2) is 0 Å². The Hall–Kier alpha value is -0.760. The van der Waals surface area contributed by atoms with Gasteiger partial charge in [-0.25, -0.2) is 0 Å². The summed E-state index contributed by atoms with van der Waals surface area (Å²) in [6, 6.07) is 6.29. The topological polar surface area (TPSA) is 13.1 Å². The number of benzene rings is 1. The predicted molar refractivity (Wildman–Crippen MR) is 65.2 cm³/mol. The van der Waals surface area contributed by atoms with Crippen molar-refractivity contribution in [3.8, 4) is 0 Å². The van der Waals surface area contributed by atoms with Gasteiger partial charge >= 0.3 is 0 Å².